The summed E-state index contributed by atoms with van der Waals surface area (Å²) in [6.45, 7) is 0. The van der Waals surface area contributed by atoms with E-state index in [0.717, 1.165) is 17.3 Å². The average molecular weight is 341 g/mol. The van der Waals surface area contributed by atoms with E-state index in [1.54, 1.807) is 18.2 Å². The van der Waals surface area contributed by atoms with Gasteiger partial charge in [0.05, 0.1) is 11.5 Å². The van der Waals surface area contributed by atoms with Crippen molar-refractivity contribution in [2.24, 2.45) is 5.92 Å². The van der Waals surface area contributed by atoms with Gasteiger partial charge in [-0.05, 0) is 31.0 Å². The van der Waals surface area contributed by atoms with Crippen molar-refractivity contribution >= 4 is 33.5 Å². The van der Waals surface area contributed by atoms with Gasteiger partial charge < -0.3 is 16.2 Å². The predicted molar refractivity (Wildman–Crippen MR) is 79.4 cm³/mol. The molecule has 2 rings (SSSR count). The van der Waals surface area contributed by atoms with Gasteiger partial charge in [-0.25, -0.2) is 0 Å². The minimum absolute atomic E-state index is 0.312. The second-order valence-electron chi connectivity index (χ2n) is 5.04. The Hall–Kier alpha value is -1.56. The number of amides is 1. The fraction of sp³-hybridized carbons (Fsp3) is 0.429. The Balaban J connectivity index is 2.11. The van der Waals surface area contributed by atoms with E-state index in [1.165, 1.54) is 0 Å². The van der Waals surface area contributed by atoms with Gasteiger partial charge in [-0.2, -0.15) is 0 Å². The molecule has 1 aromatic rings. The minimum Gasteiger partial charge on any atom is -0.481 e. The normalized spacial score (nSPS) is 22.2. The fourth-order valence-electron chi connectivity index (χ4n) is 2.59. The quantitative estimate of drug-likeness (QED) is 0.736. The molecule has 4 N–H and O–H groups in total. The number of hydrogen-bond donors (Lipinski definition) is 3. The maximum atomic E-state index is 12.2. The molecule has 20 heavy (non-hydrogen) atoms. The van der Waals surface area contributed by atoms with E-state index in [0.29, 0.717) is 24.1 Å². The molecule has 0 aliphatic heterocycles. The van der Waals surface area contributed by atoms with Crippen molar-refractivity contribution in [2.45, 2.75) is 31.7 Å². The molecule has 2 atom stereocenters. The average Bonchev–Trinajstić information content (AvgIpc) is 2.38. The summed E-state index contributed by atoms with van der Waals surface area (Å²) in [5.74, 6) is -1.67. The van der Waals surface area contributed by atoms with Crippen molar-refractivity contribution in [1.29, 1.82) is 0 Å². The third kappa shape index (κ3) is 3.30. The van der Waals surface area contributed by atoms with Crippen LogP contribution in [0, 0.1) is 5.92 Å². The molecular formula is C14H17BrN2O3. The molecule has 1 saturated carbocycles. The second-order valence-corrected chi connectivity index (χ2v) is 5.96. The zero-order chi connectivity index (χ0) is 14.7. The van der Waals surface area contributed by atoms with E-state index in [4.69, 9.17) is 5.73 Å². The van der Waals surface area contributed by atoms with E-state index in [1.807, 2.05) is 0 Å². The van der Waals surface area contributed by atoms with Crippen LogP contribution in [0.15, 0.2) is 22.7 Å². The smallest absolute Gasteiger partial charge is 0.308 e. The van der Waals surface area contributed by atoms with Crippen LogP contribution in [0.4, 0.5) is 5.69 Å². The number of carboxylic acids is 1. The number of nitrogens with two attached hydrogens (primary N) is 1. The Morgan fingerprint density at radius 2 is 2.00 bits per heavy atom. The van der Waals surface area contributed by atoms with Crippen LogP contribution in [0.3, 0.4) is 0 Å². The molecule has 6 heteroatoms. The third-order valence-electron chi connectivity index (χ3n) is 3.66. The third-order valence-corrected chi connectivity index (χ3v) is 4.15. The van der Waals surface area contributed by atoms with E-state index in [-0.39, 0.29) is 11.9 Å². The summed E-state index contributed by atoms with van der Waals surface area (Å²) < 4.78 is 0.799. The highest BCUT2D eigenvalue weighted by Gasteiger charge is 2.32. The van der Waals surface area contributed by atoms with Gasteiger partial charge in [-0.15, -0.1) is 0 Å². The summed E-state index contributed by atoms with van der Waals surface area (Å²) in [7, 11) is 0. The lowest BCUT2D eigenvalue weighted by Crippen LogP contribution is -2.45. The summed E-state index contributed by atoms with van der Waals surface area (Å²) in [5, 5.41) is 12.0. The molecule has 1 aliphatic carbocycles. The van der Waals surface area contributed by atoms with E-state index in [2.05, 4.69) is 21.2 Å². The first kappa shape index (κ1) is 14.8. The molecule has 1 aromatic carbocycles. The van der Waals surface area contributed by atoms with Crippen LogP contribution < -0.4 is 11.1 Å². The van der Waals surface area contributed by atoms with Crippen LogP contribution in [-0.2, 0) is 4.79 Å². The molecule has 0 spiro atoms. The van der Waals surface area contributed by atoms with Gasteiger partial charge in [0.2, 0.25) is 0 Å². The topological polar surface area (TPSA) is 92.4 Å². The largest absolute Gasteiger partial charge is 0.481 e. The lowest BCUT2D eigenvalue weighted by Gasteiger charge is -2.29. The summed E-state index contributed by atoms with van der Waals surface area (Å²) >= 11 is 3.28. The second kappa shape index (κ2) is 6.26. The summed E-state index contributed by atoms with van der Waals surface area (Å²) in [5.41, 5.74) is 6.57. The highest BCUT2D eigenvalue weighted by molar-refractivity contribution is 9.10. The number of rotatable bonds is 3. The molecule has 2 unspecified atom stereocenters. The number of nitrogens with one attached hydrogen (secondary N) is 1. The van der Waals surface area contributed by atoms with E-state index < -0.39 is 11.9 Å². The van der Waals surface area contributed by atoms with Gasteiger partial charge >= 0.3 is 5.97 Å². The lowest BCUT2D eigenvalue weighted by atomic mass is 9.84. The van der Waals surface area contributed by atoms with Crippen molar-refractivity contribution in [2.75, 3.05) is 5.73 Å². The van der Waals surface area contributed by atoms with Crippen molar-refractivity contribution in [3.63, 3.8) is 0 Å². The number of carbonyl (C=O) groups is 2. The Morgan fingerprint density at radius 3 is 2.65 bits per heavy atom. The molecule has 0 heterocycles. The number of carbonyl (C=O) groups excluding carboxylic acids is 1. The SMILES string of the molecule is Nc1cc(Br)ccc1C(=O)NC1CCCCC1C(=O)O. The van der Waals surface area contributed by atoms with Crippen molar-refractivity contribution < 1.29 is 14.7 Å². The molecule has 1 fully saturated rings. The van der Waals surface area contributed by atoms with Crippen molar-refractivity contribution in [3.8, 4) is 0 Å². The summed E-state index contributed by atoms with van der Waals surface area (Å²) in [4.78, 5) is 23.4. The molecule has 0 radical (unpaired) electrons. The van der Waals surface area contributed by atoms with Gasteiger partial charge in [-0.1, -0.05) is 28.8 Å². The first-order valence-electron chi connectivity index (χ1n) is 6.57. The van der Waals surface area contributed by atoms with Crippen LogP contribution in [0.1, 0.15) is 36.0 Å². The first-order chi connectivity index (χ1) is 9.49. The van der Waals surface area contributed by atoms with Crippen LogP contribution >= 0.6 is 15.9 Å². The Morgan fingerprint density at radius 1 is 1.30 bits per heavy atom. The number of anilines is 1. The molecule has 1 aliphatic rings. The molecule has 5 nitrogen and oxygen atoms in total. The summed E-state index contributed by atoms with van der Waals surface area (Å²) in [6, 6.07) is 4.70. The fourth-order valence-corrected chi connectivity index (χ4v) is 2.96. The molecule has 0 bridgehead atoms. The van der Waals surface area contributed by atoms with Crippen LogP contribution in [0.2, 0.25) is 0 Å². The van der Waals surface area contributed by atoms with Gasteiger partial charge in [0.25, 0.3) is 5.91 Å². The first-order valence-corrected chi connectivity index (χ1v) is 7.37. The minimum atomic E-state index is -0.848. The Bertz CT molecular complexity index is 533. The molecule has 108 valence electrons. The molecule has 0 aromatic heterocycles. The van der Waals surface area contributed by atoms with Crippen LogP contribution in [0.5, 0.6) is 0 Å². The number of hydrogen-bond acceptors (Lipinski definition) is 3. The van der Waals surface area contributed by atoms with Gasteiger partial charge in [0, 0.05) is 16.2 Å². The van der Waals surface area contributed by atoms with Crippen molar-refractivity contribution in [1.82, 2.24) is 5.32 Å². The molecule has 1 amide bonds. The maximum absolute atomic E-state index is 12.2. The van der Waals surface area contributed by atoms with Crippen molar-refractivity contribution in [3.05, 3.63) is 28.2 Å². The van der Waals surface area contributed by atoms with Gasteiger partial charge in [-0.3, -0.25) is 9.59 Å². The number of benzene rings is 1. The highest BCUT2D eigenvalue weighted by Crippen LogP contribution is 2.26. The molecular weight excluding hydrogens is 324 g/mol. The predicted octanol–water partition coefficient (Wildman–Crippen LogP) is 2.40. The Labute approximate surface area is 125 Å². The zero-order valence-electron chi connectivity index (χ0n) is 10.9. The zero-order valence-corrected chi connectivity index (χ0v) is 12.5. The number of aliphatic carboxylic acids is 1. The van der Waals surface area contributed by atoms with Crippen LogP contribution in [-0.4, -0.2) is 23.0 Å². The standard InChI is InChI=1S/C14H17BrN2O3/c15-8-5-6-9(11(16)7-8)13(18)17-12-4-2-1-3-10(12)14(19)20/h5-7,10,12H,1-4,16H2,(H,17,18)(H,19,20). The number of halogens is 1. The molecule has 0 saturated heterocycles. The monoisotopic (exact) mass is 340 g/mol. The van der Waals surface area contributed by atoms with Gasteiger partial charge in [0.15, 0.2) is 0 Å². The number of carboxylic acid groups (broad SMARTS) is 1. The van der Waals surface area contributed by atoms with E-state index >= 15 is 0 Å². The van der Waals surface area contributed by atoms with Crippen LogP contribution in [0.25, 0.3) is 0 Å². The lowest BCUT2D eigenvalue weighted by molar-refractivity contribution is -0.143. The Kier molecular flexibility index (Phi) is 4.65. The summed E-state index contributed by atoms with van der Waals surface area (Å²) in [6.07, 6.45) is 3.13. The van der Waals surface area contributed by atoms with Gasteiger partial charge in [0.1, 0.15) is 0 Å². The van der Waals surface area contributed by atoms with E-state index in [9.17, 15) is 14.7 Å². The number of nitrogen functional groups attached to an aromatic ring is 1. The maximum Gasteiger partial charge on any atom is 0.308 e. The highest BCUT2D eigenvalue weighted by atomic mass is 79.9.